The van der Waals surface area contributed by atoms with Gasteiger partial charge in [0, 0.05) is 12.6 Å². The van der Waals surface area contributed by atoms with Crippen molar-refractivity contribution in [3.63, 3.8) is 0 Å². The van der Waals surface area contributed by atoms with Crippen LogP contribution in [0, 0.1) is 5.82 Å². The molecule has 0 spiro atoms. The fourth-order valence-corrected chi connectivity index (χ4v) is 4.60. The Morgan fingerprint density at radius 2 is 1.71 bits per heavy atom. The summed E-state index contributed by atoms with van der Waals surface area (Å²) in [6, 6.07) is 9.83. The zero-order valence-corrected chi connectivity index (χ0v) is 17.9. The Balaban J connectivity index is 1.69. The first-order chi connectivity index (χ1) is 16.2. The van der Waals surface area contributed by atoms with Crippen molar-refractivity contribution < 1.29 is 17.6 Å². The molecule has 0 amide bonds. The summed E-state index contributed by atoms with van der Waals surface area (Å²) in [6.45, 7) is 0.0793. The first-order valence-corrected chi connectivity index (χ1v) is 10.9. The van der Waals surface area contributed by atoms with Gasteiger partial charge in [0.15, 0.2) is 11.2 Å². The van der Waals surface area contributed by atoms with Gasteiger partial charge in [-0.2, -0.15) is 13.2 Å². The number of benzene rings is 2. The third-order valence-electron chi connectivity index (χ3n) is 6.24. The molecular formula is C24H20F4N4O2. The Morgan fingerprint density at radius 3 is 2.35 bits per heavy atom. The van der Waals surface area contributed by atoms with Crippen molar-refractivity contribution in [2.45, 2.75) is 44.4 Å². The van der Waals surface area contributed by atoms with Crippen LogP contribution >= 0.6 is 0 Å². The molecule has 4 aromatic rings. The topological polar surface area (TPSA) is 61.8 Å². The molecule has 1 aliphatic carbocycles. The van der Waals surface area contributed by atoms with Crippen molar-refractivity contribution >= 4 is 11.2 Å². The summed E-state index contributed by atoms with van der Waals surface area (Å²) in [7, 11) is 0. The SMILES string of the molecule is O=c1c2c(ncn2Cc2ccc(C(F)(F)F)cc2)n(-c2cccc(F)c2)c(=O)n1C1CCCC1. The standard InChI is InChI=1S/C24H20F4N4O2/c25-17-4-3-7-19(12-17)31-21-20(22(33)32(23(31)34)18-5-1-2-6-18)30(14-29-21)13-15-8-10-16(11-9-15)24(26,27)28/h3-4,7-12,14,18H,1-2,5-6,13H2. The van der Waals surface area contributed by atoms with Crippen LogP contribution in [0.4, 0.5) is 17.6 Å². The Labute approximate surface area is 190 Å². The molecule has 2 aromatic heterocycles. The van der Waals surface area contributed by atoms with Crippen LogP contribution in [0.25, 0.3) is 16.9 Å². The average Bonchev–Trinajstić information content (AvgIpc) is 3.45. The third kappa shape index (κ3) is 3.82. The smallest absolute Gasteiger partial charge is 0.320 e. The highest BCUT2D eigenvalue weighted by molar-refractivity contribution is 5.72. The van der Waals surface area contributed by atoms with Gasteiger partial charge in [-0.25, -0.2) is 18.7 Å². The first-order valence-electron chi connectivity index (χ1n) is 10.9. The normalized spacial score (nSPS) is 14.8. The van der Waals surface area contributed by atoms with Crippen molar-refractivity contribution in [2.24, 2.45) is 0 Å². The molecule has 1 fully saturated rings. The number of nitrogens with zero attached hydrogens (tertiary/aromatic N) is 4. The highest BCUT2D eigenvalue weighted by Crippen LogP contribution is 2.30. The molecule has 1 saturated carbocycles. The van der Waals surface area contributed by atoms with Gasteiger partial charge in [-0.1, -0.05) is 31.0 Å². The van der Waals surface area contributed by atoms with Crippen molar-refractivity contribution in [3.8, 4) is 5.69 Å². The first kappa shape index (κ1) is 22.1. The van der Waals surface area contributed by atoms with E-state index in [0.29, 0.717) is 18.4 Å². The van der Waals surface area contributed by atoms with Crippen LogP contribution in [0.15, 0.2) is 64.4 Å². The molecule has 0 atom stereocenters. The summed E-state index contributed by atoms with van der Waals surface area (Å²) >= 11 is 0. The largest absolute Gasteiger partial charge is 0.416 e. The number of alkyl halides is 3. The fraction of sp³-hybridized carbons (Fsp3) is 0.292. The van der Waals surface area contributed by atoms with Gasteiger partial charge >= 0.3 is 11.9 Å². The summed E-state index contributed by atoms with van der Waals surface area (Å²) < 4.78 is 56.6. The minimum atomic E-state index is -4.45. The zero-order chi connectivity index (χ0) is 24.0. The lowest BCUT2D eigenvalue weighted by atomic mass is 10.1. The lowest BCUT2D eigenvalue weighted by molar-refractivity contribution is -0.137. The summed E-state index contributed by atoms with van der Waals surface area (Å²) in [5.74, 6) is -0.541. The Morgan fingerprint density at radius 1 is 1.00 bits per heavy atom. The molecule has 0 bridgehead atoms. The van der Waals surface area contributed by atoms with Gasteiger partial charge < -0.3 is 4.57 Å². The maximum atomic E-state index is 14.0. The Bertz CT molecular complexity index is 1480. The van der Waals surface area contributed by atoms with Crippen molar-refractivity contribution in [1.29, 1.82) is 0 Å². The van der Waals surface area contributed by atoms with E-state index >= 15 is 0 Å². The summed E-state index contributed by atoms with van der Waals surface area (Å²) in [6.07, 6.45) is 0.0562. The molecule has 2 aromatic carbocycles. The summed E-state index contributed by atoms with van der Waals surface area (Å²) in [5.41, 5.74) is -0.893. The minimum Gasteiger partial charge on any atom is -0.320 e. The van der Waals surface area contributed by atoms with Gasteiger partial charge in [0.05, 0.1) is 17.6 Å². The minimum absolute atomic E-state index is 0.0711. The van der Waals surface area contributed by atoms with Crippen LogP contribution in [0.3, 0.4) is 0 Å². The van der Waals surface area contributed by atoms with E-state index in [0.717, 1.165) is 25.0 Å². The van der Waals surface area contributed by atoms with E-state index in [1.165, 1.54) is 50.4 Å². The fourth-order valence-electron chi connectivity index (χ4n) is 4.60. The lowest BCUT2D eigenvalue weighted by Gasteiger charge is -2.17. The second-order valence-corrected chi connectivity index (χ2v) is 8.45. The summed E-state index contributed by atoms with van der Waals surface area (Å²) in [5, 5.41) is 0. The van der Waals surface area contributed by atoms with E-state index in [2.05, 4.69) is 4.98 Å². The molecule has 0 aliphatic heterocycles. The molecule has 1 aliphatic rings. The molecule has 34 heavy (non-hydrogen) atoms. The highest BCUT2D eigenvalue weighted by atomic mass is 19.4. The van der Waals surface area contributed by atoms with Crippen LogP contribution in [-0.4, -0.2) is 18.7 Å². The second-order valence-electron chi connectivity index (χ2n) is 8.45. The van der Waals surface area contributed by atoms with E-state index < -0.39 is 28.8 Å². The number of imidazole rings is 1. The molecule has 2 heterocycles. The maximum absolute atomic E-state index is 14.0. The van der Waals surface area contributed by atoms with Crippen LogP contribution in [-0.2, 0) is 12.7 Å². The lowest BCUT2D eigenvalue weighted by Crippen LogP contribution is -2.41. The maximum Gasteiger partial charge on any atom is 0.416 e. The molecule has 6 nitrogen and oxygen atoms in total. The quantitative estimate of drug-likeness (QED) is 0.406. The van der Waals surface area contributed by atoms with Gasteiger partial charge in [-0.3, -0.25) is 9.36 Å². The van der Waals surface area contributed by atoms with Crippen LogP contribution < -0.4 is 11.2 Å². The molecule has 176 valence electrons. The monoisotopic (exact) mass is 472 g/mol. The number of hydrogen-bond acceptors (Lipinski definition) is 3. The Hall–Kier alpha value is -3.69. The molecule has 0 saturated heterocycles. The number of hydrogen-bond donors (Lipinski definition) is 0. The number of rotatable bonds is 4. The van der Waals surface area contributed by atoms with Crippen LogP contribution in [0.2, 0.25) is 0 Å². The van der Waals surface area contributed by atoms with Crippen LogP contribution in [0.5, 0.6) is 0 Å². The molecule has 0 radical (unpaired) electrons. The average molecular weight is 472 g/mol. The highest BCUT2D eigenvalue weighted by Gasteiger charge is 2.30. The predicted molar refractivity (Wildman–Crippen MR) is 118 cm³/mol. The molecule has 10 heteroatoms. The van der Waals surface area contributed by atoms with Crippen molar-refractivity contribution in [1.82, 2.24) is 18.7 Å². The van der Waals surface area contributed by atoms with Gasteiger partial charge in [0.25, 0.3) is 5.56 Å². The second kappa shape index (κ2) is 8.27. The summed E-state index contributed by atoms with van der Waals surface area (Å²) in [4.78, 5) is 31.2. The third-order valence-corrected chi connectivity index (χ3v) is 6.24. The number of aromatic nitrogens is 4. The predicted octanol–water partition coefficient (Wildman–Crippen LogP) is 4.67. The molecule has 5 rings (SSSR count). The van der Waals surface area contributed by atoms with E-state index in [1.54, 1.807) is 6.07 Å². The van der Waals surface area contributed by atoms with Gasteiger partial charge in [-0.05, 0) is 48.7 Å². The Kier molecular flexibility index (Phi) is 5.38. The molecule has 0 N–H and O–H groups in total. The number of halogens is 4. The van der Waals surface area contributed by atoms with Crippen molar-refractivity contribution in [2.75, 3.05) is 0 Å². The molecule has 0 unspecified atom stereocenters. The van der Waals surface area contributed by atoms with E-state index in [-0.39, 0.29) is 29.4 Å². The van der Waals surface area contributed by atoms with Gasteiger partial charge in [0.1, 0.15) is 5.82 Å². The van der Waals surface area contributed by atoms with E-state index in [4.69, 9.17) is 0 Å². The van der Waals surface area contributed by atoms with Gasteiger partial charge in [-0.15, -0.1) is 0 Å². The molecular weight excluding hydrogens is 452 g/mol. The zero-order valence-electron chi connectivity index (χ0n) is 17.9. The van der Waals surface area contributed by atoms with E-state index in [9.17, 15) is 27.2 Å². The van der Waals surface area contributed by atoms with Crippen LogP contribution in [0.1, 0.15) is 42.9 Å². The van der Waals surface area contributed by atoms with Gasteiger partial charge in [0.2, 0.25) is 0 Å². The van der Waals surface area contributed by atoms with Crippen molar-refractivity contribution in [3.05, 3.63) is 92.6 Å². The van der Waals surface area contributed by atoms with E-state index in [1.807, 2.05) is 0 Å². The number of fused-ring (bicyclic) bond motifs is 1.